The van der Waals surface area contributed by atoms with Gasteiger partial charge >= 0.3 is 0 Å². The second kappa shape index (κ2) is 8.23. The van der Waals surface area contributed by atoms with Crippen LogP contribution in [-0.2, 0) is 6.54 Å². The molecule has 5 rings (SSSR count). The van der Waals surface area contributed by atoms with Crippen LogP contribution in [0.25, 0.3) is 32.9 Å². The first kappa shape index (κ1) is 19.9. The topological polar surface area (TPSA) is 57.2 Å². The molecule has 4 nitrogen and oxygen atoms in total. The molecular weight excluding hydrogens is 396 g/mol. The third kappa shape index (κ3) is 3.40. The van der Waals surface area contributed by atoms with E-state index in [2.05, 4.69) is 41.0 Å². The zero-order valence-electron chi connectivity index (χ0n) is 17.9. The number of fused-ring (bicyclic) bond motifs is 3. The Balaban J connectivity index is 1.79. The first-order valence-corrected chi connectivity index (χ1v) is 10.8. The molecule has 1 heterocycles. The molecule has 0 radical (unpaired) electrons. The summed E-state index contributed by atoms with van der Waals surface area (Å²) in [6.07, 6.45) is 0. The lowest BCUT2D eigenvalue weighted by Crippen LogP contribution is -2.11. The van der Waals surface area contributed by atoms with E-state index in [1.54, 1.807) is 6.07 Å². The Kier molecular flexibility index (Phi) is 5.12. The molecule has 0 aliphatic carbocycles. The molecule has 0 unspecified atom stereocenters. The van der Waals surface area contributed by atoms with Gasteiger partial charge in [-0.25, -0.2) is 0 Å². The molecule has 4 heteroatoms. The largest absolute Gasteiger partial charge is 0.494 e. The molecule has 5 aromatic rings. The lowest BCUT2D eigenvalue weighted by atomic mass is 10.0. The fourth-order valence-corrected chi connectivity index (χ4v) is 4.43. The van der Waals surface area contributed by atoms with E-state index in [4.69, 9.17) is 10.5 Å². The Morgan fingerprint density at radius 1 is 0.844 bits per heavy atom. The highest BCUT2D eigenvalue weighted by Crippen LogP contribution is 2.35. The normalized spacial score (nSPS) is 11.2. The number of hydrogen-bond acceptors (Lipinski definition) is 2. The smallest absolute Gasteiger partial charge is 0.249 e. The second-order valence-electron chi connectivity index (χ2n) is 7.79. The average molecular weight is 421 g/mol. The lowest BCUT2D eigenvalue weighted by molar-refractivity contribution is 0.100. The summed E-state index contributed by atoms with van der Waals surface area (Å²) in [7, 11) is 0. The molecule has 1 amide bonds. The van der Waals surface area contributed by atoms with Gasteiger partial charge in [-0.2, -0.15) is 0 Å². The molecule has 158 valence electrons. The summed E-state index contributed by atoms with van der Waals surface area (Å²) >= 11 is 0. The summed E-state index contributed by atoms with van der Waals surface area (Å²) in [6, 6.07) is 30.5. The van der Waals surface area contributed by atoms with Gasteiger partial charge in [0, 0.05) is 21.9 Å². The number of nitrogens with two attached hydrogens (primary N) is 1. The van der Waals surface area contributed by atoms with E-state index in [9.17, 15) is 4.79 Å². The first-order chi connectivity index (χ1) is 15.7. The Morgan fingerprint density at radius 2 is 1.62 bits per heavy atom. The molecular formula is C28H24N2O2. The Hall–Kier alpha value is -4.05. The van der Waals surface area contributed by atoms with E-state index < -0.39 is 5.91 Å². The van der Waals surface area contributed by atoms with Crippen molar-refractivity contribution in [1.29, 1.82) is 0 Å². The van der Waals surface area contributed by atoms with Crippen molar-refractivity contribution in [1.82, 2.24) is 4.57 Å². The molecule has 0 saturated heterocycles. The number of nitrogens with zero attached hydrogens (tertiary/aromatic N) is 1. The van der Waals surface area contributed by atoms with Gasteiger partial charge in [0.25, 0.3) is 0 Å². The van der Waals surface area contributed by atoms with Gasteiger partial charge < -0.3 is 15.0 Å². The van der Waals surface area contributed by atoms with E-state index in [0.29, 0.717) is 18.7 Å². The van der Waals surface area contributed by atoms with Crippen molar-refractivity contribution in [3.63, 3.8) is 0 Å². The first-order valence-electron chi connectivity index (χ1n) is 10.8. The van der Waals surface area contributed by atoms with Crippen molar-refractivity contribution in [2.24, 2.45) is 5.73 Å². The monoisotopic (exact) mass is 420 g/mol. The maximum absolute atomic E-state index is 12.2. The fraction of sp³-hybridized carbons (Fsp3) is 0.107. The van der Waals surface area contributed by atoms with Crippen LogP contribution in [0.4, 0.5) is 0 Å². The summed E-state index contributed by atoms with van der Waals surface area (Å²) in [4.78, 5) is 12.2. The highest BCUT2D eigenvalue weighted by atomic mass is 16.5. The molecule has 0 atom stereocenters. The molecule has 32 heavy (non-hydrogen) atoms. The van der Waals surface area contributed by atoms with Crippen LogP contribution in [0.3, 0.4) is 0 Å². The van der Waals surface area contributed by atoms with Gasteiger partial charge in [0.2, 0.25) is 5.91 Å². The second-order valence-corrected chi connectivity index (χ2v) is 7.79. The maximum Gasteiger partial charge on any atom is 0.249 e. The number of primary amides is 1. The zero-order chi connectivity index (χ0) is 22.1. The van der Waals surface area contributed by atoms with E-state index in [0.717, 1.165) is 44.2 Å². The summed E-state index contributed by atoms with van der Waals surface area (Å²) in [5.41, 5.74) is 11.7. The number of aromatic nitrogens is 1. The number of para-hydroxylation sites is 1. The van der Waals surface area contributed by atoms with Crippen molar-refractivity contribution in [3.05, 3.63) is 102 Å². The summed E-state index contributed by atoms with van der Waals surface area (Å²) < 4.78 is 8.13. The van der Waals surface area contributed by atoms with Crippen LogP contribution in [-0.4, -0.2) is 17.1 Å². The zero-order valence-corrected chi connectivity index (χ0v) is 17.9. The van der Waals surface area contributed by atoms with Crippen LogP contribution >= 0.6 is 0 Å². The standard InChI is InChI=1S/C28H24N2O2/c1-2-32-26-14-7-6-11-21(26)18-30-24-13-8-12-23(28(29)31)27(24)22-16-15-20(17-25(22)30)19-9-4-3-5-10-19/h3-17H,2,18H2,1H3,(H2,29,31). The molecule has 0 aliphatic heterocycles. The highest BCUT2D eigenvalue weighted by Gasteiger charge is 2.18. The molecule has 2 N–H and O–H groups in total. The average Bonchev–Trinajstić information content (AvgIpc) is 3.14. The Bertz CT molecular complexity index is 1430. The van der Waals surface area contributed by atoms with Gasteiger partial charge in [-0.1, -0.05) is 66.7 Å². The summed E-state index contributed by atoms with van der Waals surface area (Å²) in [6.45, 7) is 3.22. The van der Waals surface area contributed by atoms with Crippen LogP contribution in [0.15, 0.2) is 91.0 Å². The van der Waals surface area contributed by atoms with Gasteiger partial charge in [-0.15, -0.1) is 0 Å². The Labute approximate surface area is 186 Å². The molecule has 1 aromatic heterocycles. The van der Waals surface area contributed by atoms with Crippen molar-refractivity contribution >= 4 is 27.7 Å². The minimum atomic E-state index is -0.420. The van der Waals surface area contributed by atoms with Crippen LogP contribution in [0.1, 0.15) is 22.8 Å². The number of rotatable bonds is 6. The number of carbonyl (C=O) groups excluding carboxylic acids is 1. The van der Waals surface area contributed by atoms with Crippen LogP contribution in [0.2, 0.25) is 0 Å². The molecule has 0 bridgehead atoms. The van der Waals surface area contributed by atoms with E-state index >= 15 is 0 Å². The van der Waals surface area contributed by atoms with Crippen molar-refractivity contribution in [2.75, 3.05) is 6.61 Å². The Morgan fingerprint density at radius 3 is 2.41 bits per heavy atom. The number of amides is 1. The van der Waals surface area contributed by atoms with Crippen molar-refractivity contribution in [3.8, 4) is 16.9 Å². The van der Waals surface area contributed by atoms with Crippen LogP contribution in [0, 0.1) is 0 Å². The summed E-state index contributed by atoms with van der Waals surface area (Å²) in [5.74, 6) is 0.451. The van der Waals surface area contributed by atoms with Crippen molar-refractivity contribution in [2.45, 2.75) is 13.5 Å². The number of ether oxygens (including phenoxy) is 1. The van der Waals surface area contributed by atoms with Crippen molar-refractivity contribution < 1.29 is 9.53 Å². The number of hydrogen-bond donors (Lipinski definition) is 1. The SMILES string of the molecule is CCOc1ccccc1Cn1c2cc(-c3ccccc3)ccc2c2c(C(N)=O)cccc21. The van der Waals surface area contributed by atoms with Gasteiger partial charge in [0.1, 0.15) is 5.75 Å². The van der Waals surface area contributed by atoms with Gasteiger partial charge in [0.15, 0.2) is 0 Å². The predicted molar refractivity (Wildman–Crippen MR) is 130 cm³/mol. The van der Waals surface area contributed by atoms with Crippen LogP contribution in [0.5, 0.6) is 5.75 Å². The van der Waals surface area contributed by atoms with E-state index in [1.807, 2.05) is 55.5 Å². The minimum absolute atomic E-state index is 0.420. The van der Waals surface area contributed by atoms with Gasteiger partial charge in [0.05, 0.1) is 24.2 Å². The van der Waals surface area contributed by atoms with Gasteiger partial charge in [-0.05, 0) is 42.3 Å². The lowest BCUT2D eigenvalue weighted by Gasteiger charge is -2.13. The highest BCUT2D eigenvalue weighted by molar-refractivity contribution is 6.18. The molecule has 0 fully saturated rings. The number of benzene rings is 4. The third-order valence-electron chi connectivity index (χ3n) is 5.86. The quantitative estimate of drug-likeness (QED) is 0.366. The third-order valence-corrected chi connectivity index (χ3v) is 5.86. The van der Waals surface area contributed by atoms with Crippen LogP contribution < -0.4 is 10.5 Å². The molecule has 0 spiro atoms. The number of carbonyl (C=O) groups is 1. The molecule has 0 saturated carbocycles. The molecule has 0 aliphatic rings. The van der Waals surface area contributed by atoms with E-state index in [1.165, 1.54) is 0 Å². The van der Waals surface area contributed by atoms with E-state index in [-0.39, 0.29) is 0 Å². The van der Waals surface area contributed by atoms with Gasteiger partial charge in [-0.3, -0.25) is 4.79 Å². The predicted octanol–water partition coefficient (Wildman–Crippen LogP) is 6.01. The fourth-order valence-electron chi connectivity index (χ4n) is 4.43. The summed E-state index contributed by atoms with van der Waals surface area (Å²) in [5, 5.41) is 1.91. The molecule has 4 aromatic carbocycles. The maximum atomic E-state index is 12.2. The minimum Gasteiger partial charge on any atom is -0.494 e.